The number of aryl methyl sites for hydroxylation is 3. The van der Waals surface area contributed by atoms with E-state index in [-0.39, 0.29) is 17.9 Å². The van der Waals surface area contributed by atoms with Crippen molar-refractivity contribution < 1.29 is 14.7 Å². The van der Waals surface area contributed by atoms with E-state index < -0.39 is 5.97 Å². The Hall–Kier alpha value is -2.63. The minimum Gasteiger partial charge on any atom is -0.478 e. The average molecular weight is 301 g/mol. The Morgan fingerprint density at radius 2 is 2.05 bits per heavy atom. The number of aromatic nitrogens is 2. The number of anilines is 1. The molecule has 1 amide bonds. The Morgan fingerprint density at radius 1 is 1.32 bits per heavy atom. The van der Waals surface area contributed by atoms with Gasteiger partial charge < -0.3 is 15.0 Å². The number of carbonyl (C=O) groups excluding carboxylic acids is 1. The molecular weight excluding hydrogens is 282 g/mol. The molecule has 0 atom stereocenters. The van der Waals surface area contributed by atoms with Crippen molar-refractivity contribution in [2.75, 3.05) is 5.32 Å². The average Bonchev–Trinajstić information content (AvgIpc) is 2.77. The maximum absolute atomic E-state index is 12.2. The van der Waals surface area contributed by atoms with Crippen LogP contribution in [0.2, 0.25) is 0 Å². The fraction of sp³-hybridized carbons (Fsp3) is 0.312. The summed E-state index contributed by atoms with van der Waals surface area (Å²) in [4.78, 5) is 27.7. The largest absolute Gasteiger partial charge is 0.478 e. The van der Waals surface area contributed by atoms with E-state index in [1.54, 1.807) is 30.0 Å². The summed E-state index contributed by atoms with van der Waals surface area (Å²) in [6, 6.07) is 3.57. The molecule has 2 aromatic rings. The van der Waals surface area contributed by atoms with Gasteiger partial charge in [-0.1, -0.05) is 6.07 Å². The first-order valence-corrected chi connectivity index (χ1v) is 7.06. The maximum atomic E-state index is 12.2. The van der Waals surface area contributed by atoms with Crippen molar-refractivity contribution in [3.63, 3.8) is 0 Å². The zero-order valence-electron chi connectivity index (χ0n) is 12.9. The van der Waals surface area contributed by atoms with E-state index in [1.165, 1.54) is 0 Å². The van der Waals surface area contributed by atoms with Gasteiger partial charge in [0.1, 0.15) is 5.82 Å². The van der Waals surface area contributed by atoms with Crippen LogP contribution in [0.3, 0.4) is 0 Å². The highest BCUT2D eigenvalue weighted by Gasteiger charge is 2.20. The highest BCUT2D eigenvalue weighted by molar-refractivity contribution is 5.96. The van der Waals surface area contributed by atoms with Crippen molar-refractivity contribution in [1.29, 1.82) is 0 Å². The molecule has 0 bridgehead atoms. The molecule has 0 aliphatic heterocycles. The molecule has 0 radical (unpaired) electrons. The van der Waals surface area contributed by atoms with Gasteiger partial charge in [0.15, 0.2) is 0 Å². The molecule has 2 aromatic heterocycles. The van der Waals surface area contributed by atoms with Gasteiger partial charge in [0.2, 0.25) is 5.91 Å². The first-order chi connectivity index (χ1) is 10.4. The number of hydrogen-bond donors (Lipinski definition) is 2. The molecule has 0 saturated heterocycles. The molecule has 0 aromatic carbocycles. The molecule has 6 heteroatoms. The monoisotopic (exact) mass is 301 g/mol. The molecule has 2 heterocycles. The van der Waals surface area contributed by atoms with Crippen LogP contribution in [-0.2, 0) is 17.8 Å². The standard InChI is InChI=1S/C16H19N3O3/c1-4-19-9-11(3)15(16(21)22)12(19)7-14(20)18-13-6-5-10(2)8-17-13/h5-6,8-9H,4,7H2,1-3H3,(H,21,22)(H,17,18,20). The lowest BCUT2D eigenvalue weighted by molar-refractivity contribution is -0.115. The van der Waals surface area contributed by atoms with Crippen LogP contribution in [0.1, 0.15) is 34.1 Å². The van der Waals surface area contributed by atoms with Crippen LogP contribution in [0.15, 0.2) is 24.5 Å². The van der Waals surface area contributed by atoms with Gasteiger partial charge in [0, 0.05) is 24.6 Å². The molecule has 2 N–H and O–H groups in total. The van der Waals surface area contributed by atoms with Crippen LogP contribution >= 0.6 is 0 Å². The fourth-order valence-corrected chi connectivity index (χ4v) is 2.39. The molecule has 0 saturated carbocycles. The Bertz CT molecular complexity index is 702. The van der Waals surface area contributed by atoms with E-state index in [0.29, 0.717) is 23.6 Å². The summed E-state index contributed by atoms with van der Waals surface area (Å²) < 4.78 is 1.79. The smallest absolute Gasteiger partial charge is 0.337 e. The highest BCUT2D eigenvalue weighted by Crippen LogP contribution is 2.18. The van der Waals surface area contributed by atoms with Crippen LogP contribution in [-0.4, -0.2) is 26.5 Å². The van der Waals surface area contributed by atoms with Crippen LogP contribution in [0.5, 0.6) is 0 Å². The van der Waals surface area contributed by atoms with Gasteiger partial charge in [0.05, 0.1) is 12.0 Å². The number of carbonyl (C=O) groups is 2. The summed E-state index contributed by atoms with van der Waals surface area (Å²) in [5.74, 6) is -0.841. The van der Waals surface area contributed by atoms with Crippen molar-refractivity contribution in [1.82, 2.24) is 9.55 Å². The van der Waals surface area contributed by atoms with Crippen molar-refractivity contribution >= 4 is 17.7 Å². The van der Waals surface area contributed by atoms with Gasteiger partial charge in [-0.15, -0.1) is 0 Å². The quantitative estimate of drug-likeness (QED) is 0.888. The lowest BCUT2D eigenvalue weighted by atomic mass is 10.1. The second-order valence-electron chi connectivity index (χ2n) is 5.17. The summed E-state index contributed by atoms with van der Waals surface area (Å²) in [7, 11) is 0. The van der Waals surface area contributed by atoms with Gasteiger partial charge in [-0.25, -0.2) is 9.78 Å². The second kappa shape index (κ2) is 6.43. The summed E-state index contributed by atoms with van der Waals surface area (Å²) >= 11 is 0. The third-order valence-electron chi connectivity index (χ3n) is 3.44. The minimum absolute atomic E-state index is 0.00112. The van der Waals surface area contributed by atoms with E-state index in [0.717, 1.165) is 5.56 Å². The third kappa shape index (κ3) is 3.33. The summed E-state index contributed by atoms with van der Waals surface area (Å²) in [5.41, 5.74) is 2.37. The SMILES string of the molecule is CCn1cc(C)c(C(=O)O)c1CC(=O)Nc1ccc(C)cn1. The number of carboxylic acids is 1. The number of amides is 1. The van der Waals surface area contributed by atoms with E-state index in [9.17, 15) is 14.7 Å². The Labute approximate surface area is 128 Å². The van der Waals surface area contributed by atoms with Gasteiger partial charge in [0.25, 0.3) is 0 Å². The summed E-state index contributed by atoms with van der Waals surface area (Å²) in [5, 5.41) is 12.0. The third-order valence-corrected chi connectivity index (χ3v) is 3.44. The highest BCUT2D eigenvalue weighted by atomic mass is 16.4. The summed E-state index contributed by atoms with van der Waals surface area (Å²) in [6.07, 6.45) is 3.42. The molecule has 6 nitrogen and oxygen atoms in total. The van der Waals surface area contributed by atoms with Crippen LogP contribution < -0.4 is 5.32 Å². The summed E-state index contributed by atoms with van der Waals surface area (Å²) in [6.45, 7) is 6.17. The fourth-order valence-electron chi connectivity index (χ4n) is 2.39. The van der Waals surface area contributed by atoms with E-state index in [2.05, 4.69) is 10.3 Å². The molecule has 0 unspecified atom stereocenters. The molecule has 2 rings (SSSR count). The number of nitrogens with zero attached hydrogens (tertiary/aromatic N) is 2. The Balaban J connectivity index is 2.21. The molecule has 0 fully saturated rings. The van der Waals surface area contributed by atoms with Crippen LogP contribution in [0.4, 0.5) is 5.82 Å². The predicted molar refractivity (Wildman–Crippen MR) is 83.1 cm³/mol. The Morgan fingerprint density at radius 3 is 2.59 bits per heavy atom. The first-order valence-electron chi connectivity index (χ1n) is 7.06. The number of nitrogens with one attached hydrogen (secondary N) is 1. The topological polar surface area (TPSA) is 84.2 Å². The predicted octanol–water partition coefficient (Wildman–Crippen LogP) is 2.40. The number of rotatable bonds is 5. The number of aromatic carboxylic acids is 1. The molecule has 0 aliphatic carbocycles. The molecule has 116 valence electrons. The van der Waals surface area contributed by atoms with Crippen molar-refractivity contribution in [2.45, 2.75) is 33.7 Å². The van der Waals surface area contributed by atoms with E-state index in [4.69, 9.17) is 0 Å². The van der Waals surface area contributed by atoms with Crippen molar-refractivity contribution in [3.05, 3.63) is 46.9 Å². The van der Waals surface area contributed by atoms with E-state index >= 15 is 0 Å². The minimum atomic E-state index is -1.01. The number of hydrogen-bond acceptors (Lipinski definition) is 3. The van der Waals surface area contributed by atoms with Gasteiger partial charge >= 0.3 is 5.97 Å². The number of carboxylic acid groups (broad SMARTS) is 1. The molecule has 0 spiro atoms. The lowest BCUT2D eigenvalue weighted by Gasteiger charge is -2.09. The van der Waals surface area contributed by atoms with Crippen molar-refractivity contribution in [3.8, 4) is 0 Å². The number of pyridine rings is 1. The van der Waals surface area contributed by atoms with Gasteiger partial charge in [-0.05, 0) is 38.0 Å². The van der Waals surface area contributed by atoms with Gasteiger partial charge in [-0.3, -0.25) is 4.79 Å². The normalized spacial score (nSPS) is 10.5. The lowest BCUT2D eigenvalue weighted by Crippen LogP contribution is -2.19. The molecular formula is C16H19N3O3. The zero-order valence-corrected chi connectivity index (χ0v) is 12.9. The molecule has 0 aliphatic rings. The molecule has 22 heavy (non-hydrogen) atoms. The first kappa shape index (κ1) is 15.8. The maximum Gasteiger partial charge on any atom is 0.337 e. The van der Waals surface area contributed by atoms with Gasteiger partial charge in [-0.2, -0.15) is 0 Å². The zero-order chi connectivity index (χ0) is 16.3. The van der Waals surface area contributed by atoms with Crippen LogP contribution in [0.25, 0.3) is 0 Å². The van der Waals surface area contributed by atoms with Crippen molar-refractivity contribution in [2.24, 2.45) is 0 Å². The second-order valence-corrected chi connectivity index (χ2v) is 5.17. The van der Waals surface area contributed by atoms with Crippen LogP contribution in [0, 0.1) is 13.8 Å². The Kier molecular flexibility index (Phi) is 4.60. The van der Waals surface area contributed by atoms with E-state index in [1.807, 2.05) is 19.9 Å².